The molecule has 0 bridgehead atoms. The molecular formula is C11H18N2O. The normalized spacial score (nSPS) is 14.1. The molecule has 0 aliphatic heterocycles. The van der Waals surface area contributed by atoms with Crippen molar-refractivity contribution < 1.29 is 5.11 Å². The Bertz CT molecular complexity index is 304. The van der Waals surface area contributed by atoms with E-state index in [4.69, 9.17) is 10.8 Å². The van der Waals surface area contributed by atoms with Crippen LogP contribution in [0, 0.1) is 5.41 Å². The highest BCUT2D eigenvalue weighted by Crippen LogP contribution is 2.31. The molecule has 0 aliphatic carbocycles. The lowest BCUT2D eigenvalue weighted by Gasteiger charge is -2.28. The lowest BCUT2D eigenvalue weighted by molar-refractivity contribution is 0.272. The standard InChI is InChI=1S/C11H18N2O/c1-11(2,3)10(12)9-4-5-13-6-8(9)7-14/h4-6,10,14H,7,12H2,1-3H3. The first-order valence-electron chi connectivity index (χ1n) is 4.76. The first-order chi connectivity index (χ1) is 6.46. The Kier molecular flexibility index (Phi) is 3.24. The molecule has 0 radical (unpaired) electrons. The molecule has 3 heteroatoms. The van der Waals surface area contributed by atoms with Gasteiger partial charge in [0.05, 0.1) is 6.61 Å². The minimum Gasteiger partial charge on any atom is -0.392 e. The van der Waals surface area contributed by atoms with Crippen LogP contribution in [0.4, 0.5) is 0 Å². The van der Waals surface area contributed by atoms with Crippen LogP contribution in [0.5, 0.6) is 0 Å². The number of rotatable bonds is 2. The highest BCUT2D eigenvalue weighted by Gasteiger charge is 2.23. The SMILES string of the molecule is CC(C)(C)C(N)c1ccncc1CO. The zero-order chi connectivity index (χ0) is 10.8. The van der Waals surface area contributed by atoms with Crippen molar-refractivity contribution >= 4 is 0 Å². The number of nitrogens with two attached hydrogens (primary N) is 1. The highest BCUT2D eigenvalue weighted by atomic mass is 16.3. The molecule has 1 atom stereocenters. The predicted octanol–water partition coefficient (Wildman–Crippen LogP) is 1.62. The van der Waals surface area contributed by atoms with Gasteiger partial charge >= 0.3 is 0 Å². The molecule has 0 aliphatic rings. The molecular weight excluding hydrogens is 176 g/mol. The third-order valence-corrected chi connectivity index (χ3v) is 2.38. The van der Waals surface area contributed by atoms with Crippen molar-refractivity contribution in [3.05, 3.63) is 29.6 Å². The maximum atomic E-state index is 9.14. The smallest absolute Gasteiger partial charge is 0.0700 e. The highest BCUT2D eigenvalue weighted by molar-refractivity contribution is 5.27. The molecule has 1 unspecified atom stereocenters. The van der Waals surface area contributed by atoms with Crippen molar-refractivity contribution in [1.82, 2.24) is 4.98 Å². The third kappa shape index (κ3) is 2.30. The molecule has 1 aromatic heterocycles. The Labute approximate surface area is 85.0 Å². The fourth-order valence-corrected chi connectivity index (χ4v) is 1.34. The number of hydrogen-bond acceptors (Lipinski definition) is 3. The van der Waals surface area contributed by atoms with Crippen LogP contribution in [-0.4, -0.2) is 10.1 Å². The fourth-order valence-electron chi connectivity index (χ4n) is 1.34. The monoisotopic (exact) mass is 194 g/mol. The molecule has 0 saturated carbocycles. The molecule has 1 rings (SSSR count). The van der Waals surface area contributed by atoms with Crippen molar-refractivity contribution in [1.29, 1.82) is 0 Å². The fraction of sp³-hybridized carbons (Fsp3) is 0.545. The topological polar surface area (TPSA) is 59.1 Å². The largest absolute Gasteiger partial charge is 0.392 e. The zero-order valence-electron chi connectivity index (χ0n) is 8.99. The second kappa shape index (κ2) is 4.07. The number of nitrogens with zero attached hydrogens (tertiary/aromatic N) is 1. The van der Waals surface area contributed by atoms with Gasteiger partial charge in [0.25, 0.3) is 0 Å². The molecule has 0 aromatic carbocycles. The van der Waals surface area contributed by atoms with Gasteiger partial charge in [0.2, 0.25) is 0 Å². The number of pyridine rings is 1. The van der Waals surface area contributed by atoms with Gasteiger partial charge in [-0.3, -0.25) is 4.98 Å². The van der Waals surface area contributed by atoms with E-state index < -0.39 is 0 Å². The Morgan fingerprint density at radius 2 is 2.14 bits per heavy atom. The summed E-state index contributed by atoms with van der Waals surface area (Å²) in [6.07, 6.45) is 3.38. The molecule has 0 spiro atoms. The van der Waals surface area contributed by atoms with E-state index in [0.717, 1.165) is 11.1 Å². The molecule has 14 heavy (non-hydrogen) atoms. The Morgan fingerprint density at radius 3 is 2.64 bits per heavy atom. The number of aliphatic hydroxyl groups is 1. The summed E-state index contributed by atoms with van der Waals surface area (Å²) in [7, 11) is 0. The van der Waals surface area contributed by atoms with Gasteiger partial charge in [0, 0.05) is 24.0 Å². The molecule has 0 fully saturated rings. The van der Waals surface area contributed by atoms with Gasteiger partial charge in [-0.1, -0.05) is 20.8 Å². The Morgan fingerprint density at radius 1 is 1.50 bits per heavy atom. The van der Waals surface area contributed by atoms with Crippen LogP contribution >= 0.6 is 0 Å². The maximum absolute atomic E-state index is 9.14. The summed E-state index contributed by atoms with van der Waals surface area (Å²) in [6, 6.07) is 1.80. The van der Waals surface area contributed by atoms with Crippen molar-refractivity contribution in [3.63, 3.8) is 0 Å². The second-order valence-corrected chi connectivity index (χ2v) is 4.58. The van der Waals surface area contributed by atoms with Gasteiger partial charge in [0.15, 0.2) is 0 Å². The summed E-state index contributed by atoms with van der Waals surface area (Å²) in [6.45, 7) is 6.24. The van der Waals surface area contributed by atoms with Crippen LogP contribution in [-0.2, 0) is 6.61 Å². The van der Waals surface area contributed by atoms with Gasteiger partial charge in [0.1, 0.15) is 0 Å². The van der Waals surface area contributed by atoms with E-state index in [1.54, 1.807) is 12.4 Å². The zero-order valence-corrected chi connectivity index (χ0v) is 8.99. The Hall–Kier alpha value is -0.930. The minimum atomic E-state index is -0.0763. The first-order valence-corrected chi connectivity index (χ1v) is 4.76. The second-order valence-electron chi connectivity index (χ2n) is 4.58. The molecule has 3 nitrogen and oxygen atoms in total. The predicted molar refractivity (Wildman–Crippen MR) is 56.5 cm³/mol. The summed E-state index contributed by atoms with van der Waals surface area (Å²) < 4.78 is 0. The van der Waals surface area contributed by atoms with E-state index in [-0.39, 0.29) is 18.1 Å². The summed E-state index contributed by atoms with van der Waals surface area (Å²) in [5, 5.41) is 9.14. The summed E-state index contributed by atoms with van der Waals surface area (Å²) in [5.74, 6) is 0. The molecule has 78 valence electrons. The number of aromatic nitrogens is 1. The van der Waals surface area contributed by atoms with Gasteiger partial charge in [-0.2, -0.15) is 0 Å². The molecule has 3 N–H and O–H groups in total. The molecule has 1 heterocycles. The van der Waals surface area contributed by atoms with E-state index >= 15 is 0 Å². The van der Waals surface area contributed by atoms with Crippen LogP contribution in [0.2, 0.25) is 0 Å². The van der Waals surface area contributed by atoms with Crippen LogP contribution in [0.25, 0.3) is 0 Å². The van der Waals surface area contributed by atoms with Crippen molar-refractivity contribution in [2.24, 2.45) is 11.1 Å². The summed E-state index contributed by atoms with van der Waals surface area (Å²) in [4.78, 5) is 3.97. The quantitative estimate of drug-likeness (QED) is 0.752. The van der Waals surface area contributed by atoms with Gasteiger partial charge in [-0.25, -0.2) is 0 Å². The lowest BCUT2D eigenvalue weighted by atomic mass is 9.82. The van der Waals surface area contributed by atoms with Gasteiger partial charge < -0.3 is 10.8 Å². The average molecular weight is 194 g/mol. The number of aliphatic hydroxyl groups excluding tert-OH is 1. The van der Waals surface area contributed by atoms with E-state index in [2.05, 4.69) is 25.8 Å². The van der Waals surface area contributed by atoms with Crippen LogP contribution in [0.3, 0.4) is 0 Å². The first kappa shape index (κ1) is 11.1. The van der Waals surface area contributed by atoms with Gasteiger partial charge in [-0.15, -0.1) is 0 Å². The van der Waals surface area contributed by atoms with Crippen molar-refractivity contribution in [2.75, 3.05) is 0 Å². The van der Waals surface area contributed by atoms with Crippen LogP contribution in [0.15, 0.2) is 18.5 Å². The number of hydrogen-bond donors (Lipinski definition) is 2. The van der Waals surface area contributed by atoms with E-state index in [0.29, 0.717) is 0 Å². The van der Waals surface area contributed by atoms with E-state index in [1.165, 1.54) is 0 Å². The minimum absolute atomic E-state index is 0.00699. The molecule has 0 amide bonds. The molecule has 0 saturated heterocycles. The van der Waals surface area contributed by atoms with Crippen molar-refractivity contribution in [2.45, 2.75) is 33.4 Å². The van der Waals surface area contributed by atoms with E-state index in [1.807, 2.05) is 6.07 Å². The van der Waals surface area contributed by atoms with Crippen LogP contribution in [0.1, 0.15) is 37.9 Å². The van der Waals surface area contributed by atoms with Crippen molar-refractivity contribution in [3.8, 4) is 0 Å². The summed E-state index contributed by atoms with van der Waals surface area (Å²) >= 11 is 0. The summed E-state index contributed by atoms with van der Waals surface area (Å²) in [5.41, 5.74) is 7.90. The average Bonchev–Trinajstić information content (AvgIpc) is 2.15. The van der Waals surface area contributed by atoms with E-state index in [9.17, 15) is 0 Å². The lowest BCUT2D eigenvalue weighted by Crippen LogP contribution is -2.27. The molecule has 1 aromatic rings. The van der Waals surface area contributed by atoms with Crippen LogP contribution < -0.4 is 5.73 Å². The third-order valence-electron chi connectivity index (χ3n) is 2.38. The van der Waals surface area contributed by atoms with Gasteiger partial charge in [-0.05, 0) is 17.0 Å². The Balaban J connectivity index is 3.06. The maximum Gasteiger partial charge on any atom is 0.0700 e.